The van der Waals surface area contributed by atoms with Crippen LogP contribution in [0.15, 0.2) is 186 Å². The van der Waals surface area contributed by atoms with Crippen LogP contribution in [-0.4, -0.2) is 9.97 Å². The lowest BCUT2D eigenvalue weighted by Gasteiger charge is -2.21. The molecule has 9 aromatic rings. The van der Waals surface area contributed by atoms with Crippen LogP contribution in [0.1, 0.15) is 0 Å². The van der Waals surface area contributed by atoms with Gasteiger partial charge in [-0.05, 0) is 39.9 Å². The molecule has 0 bridgehead atoms. The Morgan fingerprint density at radius 1 is 0.347 bits per heavy atom. The summed E-state index contributed by atoms with van der Waals surface area (Å²) < 4.78 is 6.62. The molecule has 0 atom stereocenters. The van der Waals surface area contributed by atoms with E-state index in [0.29, 0.717) is 5.82 Å². The summed E-state index contributed by atoms with van der Waals surface area (Å²) in [6, 6.07) is 63.2. The lowest BCUT2D eigenvalue weighted by molar-refractivity contribution is 0.670. The van der Waals surface area contributed by atoms with E-state index in [1.165, 1.54) is 0 Å². The first-order valence-corrected chi connectivity index (χ1v) is 16.5. The second-order valence-corrected chi connectivity index (χ2v) is 12.1. The van der Waals surface area contributed by atoms with Crippen LogP contribution in [0, 0.1) is 0 Å². The minimum atomic E-state index is 0.680. The molecule has 9 rings (SSSR count). The monoisotopic (exact) mass is 626 g/mol. The average molecular weight is 627 g/mol. The number of nitrogens with zero attached hydrogens (tertiary/aromatic N) is 2. The predicted octanol–water partition coefficient (Wildman–Crippen LogP) is 12.4. The smallest absolute Gasteiger partial charge is 0.160 e. The Morgan fingerprint density at radius 3 is 1.61 bits per heavy atom. The minimum Gasteiger partial charge on any atom is -0.455 e. The van der Waals surface area contributed by atoms with Crippen LogP contribution in [0.4, 0.5) is 0 Å². The summed E-state index contributed by atoms with van der Waals surface area (Å²) in [5.74, 6) is 0.680. The maximum absolute atomic E-state index is 6.62. The van der Waals surface area contributed by atoms with Gasteiger partial charge in [0.25, 0.3) is 0 Å². The second kappa shape index (κ2) is 12.2. The molecule has 2 heterocycles. The Balaban J connectivity index is 1.42. The Hall–Kier alpha value is -6.58. The lowest BCUT2D eigenvalue weighted by Crippen LogP contribution is -2.00. The Kier molecular flexibility index (Phi) is 7.14. The van der Waals surface area contributed by atoms with Gasteiger partial charge in [-0.3, -0.25) is 0 Å². The first kappa shape index (κ1) is 28.6. The quantitative estimate of drug-likeness (QED) is 0.184. The number of hydrogen-bond acceptors (Lipinski definition) is 3. The fourth-order valence-corrected chi connectivity index (χ4v) is 6.86. The van der Waals surface area contributed by atoms with Crippen molar-refractivity contribution in [3.63, 3.8) is 0 Å². The van der Waals surface area contributed by atoms with Gasteiger partial charge in [0, 0.05) is 33.0 Å². The third-order valence-electron chi connectivity index (χ3n) is 9.13. The number of rotatable bonds is 6. The highest BCUT2D eigenvalue weighted by atomic mass is 16.3. The largest absolute Gasteiger partial charge is 0.455 e. The van der Waals surface area contributed by atoms with Gasteiger partial charge in [0.2, 0.25) is 0 Å². The molecule has 7 aromatic carbocycles. The molecule has 0 unspecified atom stereocenters. The first-order valence-electron chi connectivity index (χ1n) is 16.5. The Labute approximate surface area is 284 Å². The molecule has 0 N–H and O–H groups in total. The lowest BCUT2D eigenvalue weighted by atomic mass is 9.83. The van der Waals surface area contributed by atoms with E-state index in [1.807, 2.05) is 36.4 Å². The molecule has 0 aliphatic rings. The minimum absolute atomic E-state index is 0.680. The summed E-state index contributed by atoms with van der Waals surface area (Å²) in [6.07, 6.45) is 0. The summed E-state index contributed by atoms with van der Waals surface area (Å²) in [7, 11) is 0. The van der Waals surface area contributed by atoms with E-state index in [1.54, 1.807) is 0 Å². The first-order chi connectivity index (χ1) is 24.3. The van der Waals surface area contributed by atoms with E-state index in [4.69, 9.17) is 14.4 Å². The number of aromatic nitrogens is 2. The van der Waals surface area contributed by atoms with Crippen molar-refractivity contribution in [1.29, 1.82) is 0 Å². The van der Waals surface area contributed by atoms with E-state index < -0.39 is 0 Å². The molecule has 49 heavy (non-hydrogen) atoms. The van der Waals surface area contributed by atoms with Crippen LogP contribution in [0.5, 0.6) is 0 Å². The molecule has 0 aliphatic carbocycles. The molecule has 0 aliphatic heterocycles. The fraction of sp³-hybridized carbons (Fsp3) is 0. The zero-order chi connectivity index (χ0) is 32.6. The van der Waals surface area contributed by atoms with E-state index in [0.717, 1.165) is 83.4 Å². The summed E-state index contributed by atoms with van der Waals surface area (Å²) in [5.41, 5.74) is 13.0. The third kappa shape index (κ3) is 5.18. The van der Waals surface area contributed by atoms with Crippen LogP contribution >= 0.6 is 0 Å². The molecule has 230 valence electrons. The van der Waals surface area contributed by atoms with Crippen molar-refractivity contribution in [2.24, 2.45) is 0 Å². The van der Waals surface area contributed by atoms with Crippen LogP contribution < -0.4 is 0 Å². The summed E-state index contributed by atoms with van der Waals surface area (Å²) in [4.78, 5) is 10.5. The van der Waals surface area contributed by atoms with Gasteiger partial charge in [0.1, 0.15) is 11.2 Å². The highest BCUT2D eigenvalue weighted by molar-refractivity contribution is 6.12. The molecule has 3 nitrogen and oxygen atoms in total. The van der Waals surface area contributed by atoms with Gasteiger partial charge in [-0.1, -0.05) is 170 Å². The molecule has 0 saturated heterocycles. The molecule has 3 heteroatoms. The highest BCUT2D eigenvalue weighted by Crippen LogP contribution is 2.48. The molecule has 0 saturated carbocycles. The van der Waals surface area contributed by atoms with Crippen molar-refractivity contribution in [1.82, 2.24) is 9.97 Å². The highest BCUT2D eigenvalue weighted by Gasteiger charge is 2.24. The van der Waals surface area contributed by atoms with E-state index in [2.05, 4.69) is 146 Å². The molecule has 0 amide bonds. The normalized spacial score (nSPS) is 11.3. The molecule has 0 fully saturated rings. The average Bonchev–Trinajstić information content (AvgIpc) is 3.58. The van der Waals surface area contributed by atoms with Crippen molar-refractivity contribution in [3.05, 3.63) is 182 Å². The SMILES string of the molecule is c1ccc(-c2cc(-c3c(-c4ccccc4)ccc(-c4cccc5c4oc4ccccc45)c3-c3ccccc3)nc(-c3ccccc3)n2)cc1. The van der Waals surface area contributed by atoms with Gasteiger partial charge >= 0.3 is 0 Å². The maximum Gasteiger partial charge on any atom is 0.160 e. The zero-order valence-corrected chi connectivity index (χ0v) is 26.6. The van der Waals surface area contributed by atoms with Gasteiger partial charge < -0.3 is 4.42 Å². The van der Waals surface area contributed by atoms with Crippen molar-refractivity contribution in [3.8, 4) is 67.3 Å². The van der Waals surface area contributed by atoms with Crippen molar-refractivity contribution in [2.75, 3.05) is 0 Å². The molecule has 0 radical (unpaired) electrons. The standard InChI is InChI=1S/C46H30N2O/c1-5-16-31(17-6-1)35-28-29-37(39-26-15-25-38-36-24-13-14-27-42(36)49-45(38)39)43(33-20-9-3-10-21-33)44(35)41-30-40(32-18-7-2-8-19-32)47-46(48-41)34-22-11-4-12-23-34/h1-30H. The van der Waals surface area contributed by atoms with Crippen LogP contribution in [0.2, 0.25) is 0 Å². The van der Waals surface area contributed by atoms with Crippen LogP contribution in [-0.2, 0) is 0 Å². The van der Waals surface area contributed by atoms with Crippen LogP contribution in [0.3, 0.4) is 0 Å². The Bertz CT molecular complexity index is 2520. The second-order valence-electron chi connectivity index (χ2n) is 12.1. The zero-order valence-electron chi connectivity index (χ0n) is 26.6. The topological polar surface area (TPSA) is 38.9 Å². The van der Waals surface area contributed by atoms with Gasteiger partial charge in [0.15, 0.2) is 5.82 Å². The summed E-state index contributed by atoms with van der Waals surface area (Å²) in [5, 5.41) is 2.21. The number of hydrogen-bond donors (Lipinski definition) is 0. The molecule has 2 aromatic heterocycles. The van der Waals surface area contributed by atoms with Crippen molar-refractivity contribution < 1.29 is 4.42 Å². The fourth-order valence-electron chi connectivity index (χ4n) is 6.86. The van der Waals surface area contributed by atoms with E-state index in [-0.39, 0.29) is 0 Å². The molecular formula is C46H30N2O. The summed E-state index contributed by atoms with van der Waals surface area (Å²) >= 11 is 0. The molecule has 0 spiro atoms. The van der Waals surface area contributed by atoms with Gasteiger partial charge in [-0.25, -0.2) is 9.97 Å². The number of para-hydroxylation sites is 2. The predicted molar refractivity (Wildman–Crippen MR) is 202 cm³/mol. The number of fused-ring (bicyclic) bond motifs is 3. The Morgan fingerprint density at radius 2 is 0.898 bits per heavy atom. The summed E-state index contributed by atoms with van der Waals surface area (Å²) in [6.45, 7) is 0. The van der Waals surface area contributed by atoms with Crippen molar-refractivity contribution in [2.45, 2.75) is 0 Å². The maximum atomic E-state index is 6.62. The van der Waals surface area contributed by atoms with E-state index in [9.17, 15) is 0 Å². The van der Waals surface area contributed by atoms with Gasteiger partial charge in [-0.15, -0.1) is 0 Å². The molecular weight excluding hydrogens is 597 g/mol. The van der Waals surface area contributed by atoms with Gasteiger partial charge in [0.05, 0.1) is 11.4 Å². The van der Waals surface area contributed by atoms with Crippen LogP contribution in [0.25, 0.3) is 89.2 Å². The number of furan rings is 1. The van der Waals surface area contributed by atoms with Gasteiger partial charge in [-0.2, -0.15) is 0 Å². The van der Waals surface area contributed by atoms with E-state index >= 15 is 0 Å². The third-order valence-corrected chi connectivity index (χ3v) is 9.13. The van der Waals surface area contributed by atoms with Crippen molar-refractivity contribution >= 4 is 21.9 Å². The number of benzene rings is 7.